The monoisotopic (exact) mass is 339 g/mol. The summed E-state index contributed by atoms with van der Waals surface area (Å²) in [5.74, 6) is -1.06. The van der Waals surface area contributed by atoms with E-state index in [4.69, 9.17) is 0 Å². The Morgan fingerprint density at radius 3 is 2.45 bits per heavy atom. The Kier molecular flexibility index (Phi) is 4.49. The standard InChI is InChI=1S/C15H12BrF2NO/c1-19(9-11-8-12(16)4-7-14(11)18)15(20)10-2-5-13(17)6-3-10/h2-8H,9H2,1H3. The fourth-order valence-electron chi connectivity index (χ4n) is 1.80. The summed E-state index contributed by atoms with van der Waals surface area (Å²) in [5.41, 5.74) is 0.779. The van der Waals surface area contributed by atoms with E-state index in [1.165, 1.54) is 35.2 Å². The number of carbonyl (C=O) groups excluding carboxylic acids is 1. The largest absolute Gasteiger partial charge is 0.337 e. The summed E-state index contributed by atoms with van der Waals surface area (Å²) in [6, 6.07) is 9.83. The minimum absolute atomic E-state index is 0.140. The summed E-state index contributed by atoms with van der Waals surface area (Å²) in [6.07, 6.45) is 0. The van der Waals surface area contributed by atoms with E-state index in [2.05, 4.69) is 15.9 Å². The van der Waals surface area contributed by atoms with Crippen molar-refractivity contribution in [1.82, 2.24) is 4.90 Å². The average Bonchev–Trinajstić information content (AvgIpc) is 2.43. The molecular formula is C15H12BrF2NO. The SMILES string of the molecule is CN(Cc1cc(Br)ccc1F)C(=O)c1ccc(F)cc1. The first-order chi connectivity index (χ1) is 9.47. The Morgan fingerprint density at radius 1 is 1.15 bits per heavy atom. The van der Waals surface area contributed by atoms with Gasteiger partial charge in [0.1, 0.15) is 11.6 Å². The molecule has 0 radical (unpaired) electrons. The number of rotatable bonds is 3. The van der Waals surface area contributed by atoms with Crippen LogP contribution in [0, 0.1) is 11.6 Å². The van der Waals surface area contributed by atoms with Crippen molar-refractivity contribution < 1.29 is 13.6 Å². The molecule has 0 unspecified atom stereocenters. The molecule has 1 amide bonds. The second-order valence-electron chi connectivity index (χ2n) is 4.40. The molecule has 0 heterocycles. The zero-order valence-electron chi connectivity index (χ0n) is 10.7. The maximum Gasteiger partial charge on any atom is 0.253 e. The molecule has 0 N–H and O–H groups in total. The smallest absolute Gasteiger partial charge is 0.253 e. The molecule has 20 heavy (non-hydrogen) atoms. The van der Waals surface area contributed by atoms with Gasteiger partial charge < -0.3 is 4.90 Å². The first-order valence-electron chi connectivity index (χ1n) is 5.92. The summed E-state index contributed by atoms with van der Waals surface area (Å²) in [4.78, 5) is 13.5. The number of nitrogens with zero attached hydrogens (tertiary/aromatic N) is 1. The molecule has 0 spiro atoms. The van der Waals surface area contributed by atoms with Crippen LogP contribution in [0.1, 0.15) is 15.9 Å². The van der Waals surface area contributed by atoms with Crippen molar-refractivity contribution in [3.8, 4) is 0 Å². The highest BCUT2D eigenvalue weighted by Gasteiger charge is 2.14. The summed E-state index contributed by atoms with van der Waals surface area (Å²) >= 11 is 3.26. The predicted octanol–water partition coefficient (Wildman–Crippen LogP) is 4.00. The van der Waals surface area contributed by atoms with Crippen molar-refractivity contribution in [2.24, 2.45) is 0 Å². The fraction of sp³-hybridized carbons (Fsp3) is 0.133. The van der Waals surface area contributed by atoms with Gasteiger partial charge in [-0.3, -0.25) is 4.79 Å². The van der Waals surface area contributed by atoms with Gasteiger partial charge in [0, 0.05) is 29.2 Å². The van der Waals surface area contributed by atoms with Crippen LogP contribution in [0.5, 0.6) is 0 Å². The third kappa shape index (κ3) is 3.42. The normalized spacial score (nSPS) is 10.4. The maximum atomic E-state index is 13.6. The van der Waals surface area contributed by atoms with Crippen LogP contribution in [0.3, 0.4) is 0 Å². The lowest BCUT2D eigenvalue weighted by atomic mass is 10.1. The van der Waals surface area contributed by atoms with E-state index in [0.717, 1.165) is 4.47 Å². The zero-order chi connectivity index (χ0) is 14.7. The van der Waals surface area contributed by atoms with E-state index in [-0.39, 0.29) is 18.3 Å². The Bertz CT molecular complexity index is 628. The van der Waals surface area contributed by atoms with Gasteiger partial charge in [0.25, 0.3) is 5.91 Å². The molecular weight excluding hydrogens is 328 g/mol. The van der Waals surface area contributed by atoms with Crippen molar-refractivity contribution in [3.05, 3.63) is 69.7 Å². The lowest BCUT2D eigenvalue weighted by Gasteiger charge is -2.18. The first-order valence-corrected chi connectivity index (χ1v) is 6.71. The van der Waals surface area contributed by atoms with Crippen molar-refractivity contribution in [3.63, 3.8) is 0 Å². The third-order valence-electron chi connectivity index (χ3n) is 2.85. The van der Waals surface area contributed by atoms with Crippen LogP contribution in [0.25, 0.3) is 0 Å². The molecule has 0 aliphatic carbocycles. The number of carbonyl (C=O) groups is 1. The second kappa shape index (κ2) is 6.13. The second-order valence-corrected chi connectivity index (χ2v) is 5.32. The molecule has 5 heteroatoms. The van der Waals surface area contributed by atoms with Crippen molar-refractivity contribution in [1.29, 1.82) is 0 Å². The minimum Gasteiger partial charge on any atom is -0.337 e. The number of hydrogen-bond acceptors (Lipinski definition) is 1. The predicted molar refractivity (Wildman–Crippen MR) is 76.3 cm³/mol. The molecule has 104 valence electrons. The topological polar surface area (TPSA) is 20.3 Å². The fourth-order valence-corrected chi connectivity index (χ4v) is 2.21. The molecule has 0 saturated carbocycles. The first kappa shape index (κ1) is 14.7. The lowest BCUT2D eigenvalue weighted by molar-refractivity contribution is 0.0784. The zero-order valence-corrected chi connectivity index (χ0v) is 12.3. The molecule has 2 aromatic rings. The van der Waals surface area contributed by atoms with E-state index < -0.39 is 5.82 Å². The van der Waals surface area contributed by atoms with Crippen molar-refractivity contribution in [2.75, 3.05) is 7.05 Å². The average molecular weight is 340 g/mol. The third-order valence-corrected chi connectivity index (χ3v) is 3.35. The van der Waals surface area contributed by atoms with Crippen LogP contribution in [-0.4, -0.2) is 17.9 Å². The van der Waals surface area contributed by atoms with Crippen LogP contribution in [0.15, 0.2) is 46.9 Å². The van der Waals surface area contributed by atoms with Gasteiger partial charge in [-0.1, -0.05) is 15.9 Å². The number of halogens is 3. The van der Waals surface area contributed by atoms with Crippen LogP contribution in [-0.2, 0) is 6.54 Å². The Morgan fingerprint density at radius 2 is 1.80 bits per heavy atom. The Labute approximate surface area is 124 Å². The molecule has 0 saturated heterocycles. The van der Waals surface area contributed by atoms with Crippen LogP contribution < -0.4 is 0 Å². The quantitative estimate of drug-likeness (QED) is 0.827. The van der Waals surface area contributed by atoms with Crippen LogP contribution in [0.4, 0.5) is 8.78 Å². The molecule has 0 atom stereocenters. The van der Waals surface area contributed by atoms with Gasteiger partial charge in [-0.25, -0.2) is 8.78 Å². The van der Waals surface area contributed by atoms with E-state index in [9.17, 15) is 13.6 Å². The highest BCUT2D eigenvalue weighted by atomic mass is 79.9. The van der Waals surface area contributed by atoms with E-state index in [0.29, 0.717) is 11.1 Å². The van der Waals surface area contributed by atoms with Gasteiger partial charge >= 0.3 is 0 Å². The molecule has 0 fully saturated rings. The van der Waals surface area contributed by atoms with Gasteiger partial charge in [-0.05, 0) is 42.5 Å². The van der Waals surface area contributed by atoms with Crippen molar-refractivity contribution >= 4 is 21.8 Å². The molecule has 0 aliphatic rings. The number of hydrogen-bond donors (Lipinski definition) is 0. The lowest BCUT2D eigenvalue weighted by Crippen LogP contribution is -2.26. The molecule has 2 nitrogen and oxygen atoms in total. The molecule has 0 aliphatic heterocycles. The van der Waals surface area contributed by atoms with E-state index in [1.807, 2.05) is 0 Å². The van der Waals surface area contributed by atoms with Crippen molar-refractivity contribution in [2.45, 2.75) is 6.54 Å². The summed E-state index contributed by atoms with van der Waals surface area (Å²) in [7, 11) is 1.58. The molecule has 2 rings (SSSR count). The number of benzene rings is 2. The van der Waals surface area contributed by atoms with Crippen LogP contribution >= 0.6 is 15.9 Å². The van der Waals surface area contributed by atoms with Gasteiger partial charge in [-0.2, -0.15) is 0 Å². The van der Waals surface area contributed by atoms with Gasteiger partial charge in [-0.15, -0.1) is 0 Å². The number of amides is 1. The Balaban J connectivity index is 2.15. The van der Waals surface area contributed by atoms with Crippen LogP contribution in [0.2, 0.25) is 0 Å². The summed E-state index contributed by atoms with van der Waals surface area (Å²) in [6.45, 7) is 0.140. The molecule has 2 aromatic carbocycles. The maximum absolute atomic E-state index is 13.6. The van der Waals surface area contributed by atoms with Gasteiger partial charge in [0.05, 0.1) is 0 Å². The minimum atomic E-state index is -0.401. The summed E-state index contributed by atoms with van der Waals surface area (Å²) in [5, 5.41) is 0. The molecule has 0 aromatic heterocycles. The summed E-state index contributed by atoms with van der Waals surface area (Å²) < 4.78 is 27.2. The van der Waals surface area contributed by atoms with Gasteiger partial charge in [0.15, 0.2) is 0 Å². The van der Waals surface area contributed by atoms with E-state index >= 15 is 0 Å². The molecule has 0 bridgehead atoms. The van der Waals surface area contributed by atoms with E-state index in [1.54, 1.807) is 19.2 Å². The highest BCUT2D eigenvalue weighted by molar-refractivity contribution is 9.10. The Hall–Kier alpha value is -1.75. The van der Waals surface area contributed by atoms with Gasteiger partial charge in [0.2, 0.25) is 0 Å². The highest BCUT2D eigenvalue weighted by Crippen LogP contribution is 2.17.